The van der Waals surface area contributed by atoms with E-state index in [1.807, 2.05) is 0 Å². The molecule has 94 valence electrons. The minimum absolute atomic E-state index is 1.07. The van der Waals surface area contributed by atoms with Crippen molar-refractivity contribution in [1.29, 1.82) is 0 Å². The molecular weight excluding hydrogens is 223 g/mol. The van der Waals surface area contributed by atoms with Crippen LogP contribution in [-0.4, -0.2) is 11.8 Å². The molecule has 0 atom stereocenters. The third kappa shape index (κ3) is 4.24. The Morgan fingerprint density at radius 3 is 1.62 bits per heavy atom. The zero-order valence-corrected chi connectivity index (χ0v) is 10.2. The molecule has 1 rings (SSSR count). The molecule has 0 saturated heterocycles. The van der Waals surface area contributed by atoms with Crippen LogP contribution in [0.4, 0.5) is 17.3 Å². The van der Waals surface area contributed by atoms with Gasteiger partial charge in [0.25, 0.3) is 5.82 Å². The zero-order valence-electron chi connectivity index (χ0n) is 10.2. The molecule has 7 heteroatoms. The highest BCUT2D eigenvalue weighted by atomic mass is 19.5. The first-order valence-electron chi connectivity index (χ1n) is 4.99. The van der Waals surface area contributed by atoms with Gasteiger partial charge in [0.05, 0.1) is 13.6 Å². The van der Waals surface area contributed by atoms with Crippen LogP contribution in [0, 0.1) is 20.8 Å². The van der Waals surface area contributed by atoms with Crippen LogP contribution < -0.4 is 4.57 Å². The third-order valence-electron chi connectivity index (χ3n) is 2.62. The minimum atomic E-state index is -6.00. The predicted octanol–water partition coefficient (Wildman–Crippen LogP) is 2.56. The fourth-order valence-electron chi connectivity index (χ4n) is 1.57. The Morgan fingerprint density at radius 2 is 1.50 bits per heavy atom. The topological polar surface area (TPSA) is 8.81 Å². The summed E-state index contributed by atoms with van der Waals surface area (Å²) in [5.74, 6) is 1.34. The third-order valence-corrected chi connectivity index (χ3v) is 2.62. The second-order valence-electron chi connectivity index (χ2n) is 3.52. The quantitative estimate of drug-likeness (QED) is 0.405. The number of imidazole rings is 1. The second-order valence-corrected chi connectivity index (χ2v) is 3.52. The summed E-state index contributed by atoms with van der Waals surface area (Å²) in [7, 11) is -3.89. The van der Waals surface area contributed by atoms with E-state index in [2.05, 4.69) is 43.9 Å². The van der Waals surface area contributed by atoms with E-state index < -0.39 is 7.25 Å². The van der Waals surface area contributed by atoms with Crippen LogP contribution in [0.2, 0.25) is 0 Å². The molecular formula is C9H17BF4N2. The number of aromatic nitrogens is 2. The summed E-state index contributed by atoms with van der Waals surface area (Å²) in [4.78, 5) is 0. The van der Waals surface area contributed by atoms with Crippen molar-refractivity contribution in [3.8, 4) is 0 Å². The average Bonchev–Trinajstić information content (AvgIpc) is 2.29. The van der Waals surface area contributed by atoms with Gasteiger partial charge in [-0.25, -0.2) is 9.13 Å². The lowest BCUT2D eigenvalue weighted by Gasteiger charge is -1.94. The largest absolute Gasteiger partial charge is 0.673 e. The maximum Gasteiger partial charge on any atom is 0.673 e. The van der Waals surface area contributed by atoms with E-state index in [0.29, 0.717) is 0 Å². The van der Waals surface area contributed by atoms with Crippen LogP contribution in [0.25, 0.3) is 0 Å². The maximum absolute atomic E-state index is 9.75. The standard InChI is InChI=1S/C9H17N2.BF4/c1-6-11-8(3)7(2)10(5)9(11)4;2-1(3,4)5/h6H2,1-5H3;/q+1;-1. The smallest absolute Gasteiger partial charge is 0.418 e. The molecule has 16 heavy (non-hydrogen) atoms. The van der Waals surface area contributed by atoms with Crippen LogP contribution in [-0.2, 0) is 13.6 Å². The lowest BCUT2D eigenvalue weighted by atomic mass is 10.3. The fraction of sp³-hybridized carbons (Fsp3) is 0.667. The zero-order chi connectivity index (χ0) is 13.1. The molecule has 0 radical (unpaired) electrons. The summed E-state index contributed by atoms with van der Waals surface area (Å²) in [5.41, 5.74) is 2.75. The SMILES string of the molecule is CCn1c(C)c(C)[n+](C)c1C.F[B-](F)(F)F. The van der Waals surface area contributed by atoms with Crippen molar-refractivity contribution in [2.75, 3.05) is 0 Å². The molecule has 2 nitrogen and oxygen atoms in total. The lowest BCUT2D eigenvalue weighted by molar-refractivity contribution is -0.683. The molecule has 0 fully saturated rings. The number of rotatable bonds is 1. The Bertz CT molecular complexity index is 326. The van der Waals surface area contributed by atoms with E-state index in [0.717, 1.165) is 6.54 Å². The molecule has 0 aliphatic heterocycles. The molecule has 1 aromatic heterocycles. The predicted molar refractivity (Wildman–Crippen MR) is 55.7 cm³/mol. The normalized spacial score (nSPS) is 11.1. The van der Waals surface area contributed by atoms with Gasteiger partial charge >= 0.3 is 7.25 Å². The maximum atomic E-state index is 9.75. The van der Waals surface area contributed by atoms with Gasteiger partial charge in [-0.15, -0.1) is 0 Å². The molecule has 0 aliphatic rings. The second kappa shape index (κ2) is 5.36. The van der Waals surface area contributed by atoms with Crippen molar-refractivity contribution in [3.05, 3.63) is 17.2 Å². The average molecular weight is 240 g/mol. The Balaban J connectivity index is 0.000000385. The lowest BCUT2D eigenvalue weighted by Crippen LogP contribution is -2.33. The van der Waals surface area contributed by atoms with Crippen molar-refractivity contribution in [1.82, 2.24) is 4.57 Å². The number of hydrogen-bond donors (Lipinski definition) is 0. The van der Waals surface area contributed by atoms with Gasteiger partial charge in [-0.1, -0.05) is 0 Å². The van der Waals surface area contributed by atoms with Crippen molar-refractivity contribution >= 4 is 7.25 Å². The van der Waals surface area contributed by atoms with Gasteiger partial charge in [0, 0.05) is 20.8 Å². The molecule has 0 aromatic carbocycles. The van der Waals surface area contributed by atoms with Gasteiger partial charge < -0.3 is 17.3 Å². The first-order valence-corrected chi connectivity index (χ1v) is 4.99. The van der Waals surface area contributed by atoms with Crippen molar-refractivity contribution in [2.24, 2.45) is 7.05 Å². The Morgan fingerprint density at radius 1 is 1.12 bits per heavy atom. The summed E-state index contributed by atoms with van der Waals surface area (Å²) in [5, 5.41) is 0. The molecule has 0 amide bonds. The fourth-order valence-corrected chi connectivity index (χ4v) is 1.57. The van der Waals surface area contributed by atoms with Crippen LogP contribution in [0.15, 0.2) is 0 Å². The molecule has 0 bridgehead atoms. The first kappa shape index (κ1) is 15.0. The summed E-state index contributed by atoms with van der Waals surface area (Å²) >= 11 is 0. The Kier molecular flexibility index (Phi) is 5.02. The van der Waals surface area contributed by atoms with Gasteiger partial charge in [0.2, 0.25) is 0 Å². The summed E-state index contributed by atoms with van der Waals surface area (Å²) in [6.45, 7) is 9.74. The number of nitrogens with zero attached hydrogens (tertiary/aromatic N) is 2. The first-order chi connectivity index (χ1) is 7.09. The van der Waals surface area contributed by atoms with E-state index >= 15 is 0 Å². The highest BCUT2D eigenvalue weighted by molar-refractivity contribution is 6.50. The highest BCUT2D eigenvalue weighted by Gasteiger charge is 2.20. The van der Waals surface area contributed by atoms with Crippen LogP contribution in [0.5, 0.6) is 0 Å². The minimum Gasteiger partial charge on any atom is -0.418 e. The van der Waals surface area contributed by atoms with Crippen molar-refractivity contribution in [3.63, 3.8) is 0 Å². The Labute approximate surface area is 93.0 Å². The van der Waals surface area contributed by atoms with E-state index in [9.17, 15) is 17.3 Å². The van der Waals surface area contributed by atoms with Crippen LogP contribution in [0.1, 0.15) is 24.1 Å². The Hall–Kier alpha value is -1.01. The van der Waals surface area contributed by atoms with Gasteiger partial charge in [0.15, 0.2) is 0 Å². The highest BCUT2D eigenvalue weighted by Crippen LogP contribution is 2.06. The van der Waals surface area contributed by atoms with Gasteiger partial charge in [-0.2, -0.15) is 0 Å². The van der Waals surface area contributed by atoms with Crippen molar-refractivity contribution < 1.29 is 21.8 Å². The van der Waals surface area contributed by atoms with Crippen molar-refractivity contribution in [2.45, 2.75) is 34.2 Å². The number of hydrogen-bond acceptors (Lipinski definition) is 0. The molecule has 0 aliphatic carbocycles. The van der Waals surface area contributed by atoms with E-state index in [-0.39, 0.29) is 0 Å². The molecule has 0 spiro atoms. The van der Waals surface area contributed by atoms with Gasteiger partial charge in [0.1, 0.15) is 11.4 Å². The molecule has 0 unspecified atom stereocenters. The molecule has 0 N–H and O–H groups in total. The van der Waals surface area contributed by atoms with Crippen LogP contribution in [0.3, 0.4) is 0 Å². The van der Waals surface area contributed by atoms with E-state index in [1.165, 1.54) is 17.2 Å². The van der Waals surface area contributed by atoms with Crippen LogP contribution >= 0.6 is 0 Å². The molecule has 0 saturated carbocycles. The summed E-state index contributed by atoms with van der Waals surface area (Å²) in [6.07, 6.45) is 0. The van der Waals surface area contributed by atoms with Gasteiger partial charge in [-0.05, 0) is 6.92 Å². The molecule has 1 heterocycles. The summed E-state index contributed by atoms with van der Waals surface area (Å²) in [6, 6.07) is 0. The van der Waals surface area contributed by atoms with E-state index in [1.54, 1.807) is 0 Å². The number of halogens is 4. The molecule has 1 aromatic rings. The monoisotopic (exact) mass is 240 g/mol. The summed E-state index contributed by atoms with van der Waals surface area (Å²) < 4.78 is 43.6. The van der Waals surface area contributed by atoms with Gasteiger partial charge in [-0.3, -0.25) is 0 Å². The van der Waals surface area contributed by atoms with E-state index in [4.69, 9.17) is 0 Å².